The molecular formula is C13H19NO2. The Morgan fingerprint density at radius 3 is 2.50 bits per heavy atom. The Balaban J connectivity index is 2.68. The van der Waals surface area contributed by atoms with Gasteiger partial charge in [-0.1, -0.05) is 18.2 Å². The number of benzene rings is 1. The third-order valence-electron chi connectivity index (χ3n) is 2.85. The summed E-state index contributed by atoms with van der Waals surface area (Å²) in [6.45, 7) is 5.88. The first-order valence-corrected chi connectivity index (χ1v) is 5.46. The van der Waals surface area contributed by atoms with Gasteiger partial charge in [0.25, 0.3) is 0 Å². The molecule has 1 rings (SSSR count). The molecule has 0 bridgehead atoms. The lowest BCUT2D eigenvalue weighted by atomic mass is 10.0. The van der Waals surface area contributed by atoms with E-state index in [0.29, 0.717) is 0 Å². The van der Waals surface area contributed by atoms with Crippen molar-refractivity contribution in [3.05, 3.63) is 29.8 Å². The Morgan fingerprint density at radius 2 is 1.94 bits per heavy atom. The van der Waals surface area contributed by atoms with Crippen LogP contribution in [0.4, 0.5) is 5.69 Å². The number of hydrogen-bond donors (Lipinski definition) is 1. The lowest BCUT2D eigenvalue weighted by molar-refractivity contribution is -0.145. The number of carbonyl (C=O) groups excluding carboxylic acids is 1. The number of aryl methyl sites for hydroxylation is 1. The Hall–Kier alpha value is -1.51. The van der Waals surface area contributed by atoms with Crippen molar-refractivity contribution in [2.24, 2.45) is 5.92 Å². The molecule has 3 nitrogen and oxygen atoms in total. The van der Waals surface area contributed by atoms with Crippen LogP contribution >= 0.6 is 0 Å². The molecule has 0 aliphatic rings. The van der Waals surface area contributed by atoms with E-state index < -0.39 is 0 Å². The van der Waals surface area contributed by atoms with Crippen LogP contribution in [0.15, 0.2) is 24.3 Å². The summed E-state index contributed by atoms with van der Waals surface area (Å²) >= 11 is 0. The molecule has 0 radical (unpaired) electrons. The van der Waals surface area contributed by atoms with Gasteiger partial charge in [-0.15, -0.1) is 0 Å². The standard InChI is InChI=1S/C13H19NO2/c1-9-7-5-6-8-12(9)14-11(3)10(2)13(15)16-4/h5-8,10-11,14H,1-4H3. The average molecular weight is 221 g/mol. The molecule has 0 heterocycles. The number of para-hydroxylation sites is 1. The Bertz CT molecular complexity index is 363. The molecule has 2 unspecified atom stereocenters. The van der Waals surface area contributed by atoms with Crippen molar-refractivity contribution in [2.75, 3.05) is 12.4 Å². The Labute approximate surface area is 96.8 Å². The molecule has 0 spiro atoms. The van der Waals surface area contributed by atoms with Crippen LogP contribution in [0, 0.1) is 12.8 Å². The average Bonchev–Trinajstić information content (AvgIpc) is 2.30. The third kappa shape index (κ3) is 2.99. The molecule has 0 aliphatic heterocycles. The predicted octanol–water partition coefficient (Wildman–Crippen LogP) is 2.60. The highest BCUT2D eigenvalue weighted by Crippen LogP contribution is 2.17. The second-order valence-corrected chi connectivity index (χ2v) is 4.06. The van der Waals surface area contributed by atoms with E-state index in [1.807, 2.05) is 45.0 Å². The smallest absolute Gasteiger partial charge is 0.310 e. The third-order valence-corrected chi connectivity index (χ3v) is 2.85. The highest BCUT2D eigenvalue weighted by Gasteiger charge is 2.20. The van der Waals surface area contributed by atoms with Crippen LogP contribution in [0.1, 0.15) is 19.4 Å². The molecular weight excluding hydrogens is 202 g/mol. The summed E-state index contributed by atoms with van der Waals surface area (Å²) in [5.41, 5.74) is 2.23. The molecule has 1 aromatic carbocycles. The van der Waals surface area contributed by atoms with Crippen LogP contribution in [-0.4, -0.2) is 19.1 Å². The number of esters is 1. The van der Waals surface area contributed by atoms with Gasteiger partial charge < -0.3 is 10.1 Å². The number of nitrogens with one attached hydrogen (secondary N) is 1. The lowest BCUT2D eigenvalue weighted by Gasteiger charge is -2.21. The predicted molar refractivity (Wildman–Crippen MR) is 65.4 cm³/mol. The monoisotopic (exact) mass is 221 g/mol. The largest absolute Gasteiger partial charge is 0.469 e. The maximum absolute atomic E-state index is 11.4. The molecule has 0 saturated carbocycles. The first-order chi connectivity index (χ1) is 7.56. The van der Waals surface area contributed by atoms with Crippen molar-refractivity contribution >= 4 is 11.7 Å². The number of carbonyl (C=O) groups is 1. The molecule has 3 heteroatoms. The maximum Gasteiger partial charge on any atom is 0.310 e. The fraction of sp³-hybridized carbons (Fsp3) is 0.462. The number of ether oxygens (including phenoxy) is 1. The van der Waals surface area contributed by atoms with Gasteiger partial charge in [-0.2, -0.15) is 0 Å². The van der Waals surface area contributed by atoms with Crippen molar-refractivity contribution in [1.29, 1.82) is 0 Å². The fourth-order valence-electron chi connectivity index (χ4n) is 1.50. The molecule has 0 saturated heterocycles. The van der Waals surface area contributed by atoms with Gasteiger partial charge in [0.15, 0.2) is 0 Å². The van der Waals surface area contributed by atoms with E-state index in [0.717, 1.165) is 5.69 Å². The summed E-state index contributed by atoms with van der Waals surface area (Å²) in [5.74, 6) is -0.349. The molecule has 0 aromatic heterocycles. The van der Waals surface area contributed by atoms with E-state index in [2.05, 4.69) is 5.32 Å². The number of anilines is 1. The topological polar surface area (TPSA) is 38.3 Å². The van der Waals surface area contributed by atoms with Crippen molar-refractivity contribution in [3.63, 3.8) is 0 Å². The van der Waals surface area contributed by atoms with Crippen molar-refractivity contribution < 1.29 is 9.53 Å². The van der Waals surface area contributed by atoms with Gasteiger partial charge in [0.2, 0.25) is 0 Å². The van der Waals surface area contributed by atoms with Crippen molar-refractivity contribution in [1.82, 2.24) is 0 Å². The van der Waals surface area contributed by atoms with E-state index in [1.165, 1.54) is 12.7 Å². The van der Waals surface area contributed by atoms with Crippen LogP contribution in [0.2, 0.25) is 0 Å². The molecule has 0 aliphatic carbocycles. The number of rotatable bonds is 4. The summed E-state index contributed by atoms with van der Waals surface area (Å²) in [5, 5.41) is 3.32. The second-order valence-electron chi connectivity index (χ2n) is 4.06. The molecule has 1 N–H and O–H groups in total. The zero-order valence-corrected chi connectivity index (χ0v) is 10.3. The van der Waals surface area contributed by atoms with Crippen molar-refractivity contribution in [2.45, 2.75) is 26.8 Å². The Morgan fingerprint density at radius 1 is 1.31 bits per heavy atom. The normalized spacial score (nSPS) is 14.0. The minimum atomic E-state index is -0.186. The molecule has 0 amide bonds. The fourth-order valence-corrected chi connectivity index (χ4v) is 1.50. The number of hydrogen-bond acceptors (Lipinski definition) is 3. The van der Waals surface area contributed by atoms with Crippen LogP contribution < -0.4 is 5.32 Å². The summed E-state index contributed by atoms with van der Waals surface area (Å²) in [7, 11) is 1.42. The summed E-state index contributed by atoms with van der Waals surface area (Å²) in [6, 6.07) is 8.07. The van der Waals surface area contributed by atoms with E-state index in [4.69, 9.17) is 4.74 Å². The first-order valence-electron chi connectivity index (χ1n) is 5.46. The lowest BCUT2D eigenvalue weighted by Crippen LogP contribution is -2.30. The van der Waals surface area contributed by atoms with Gasteiger partial charge >= 0.3 is 5.97 Å². The van der Waals surface area contributed by atoms with E-state index in [-0.39, 0.29) is 17.9 Å². The van der Waals surface area contributed by atoms with Gasteiger partial charge in [0.05, 0.1) is 13.0 Å². The van der Waals surface area contributed by atoms with E-state index in [1.54, 1.807) is 0 Å². The molecule has 88 valence electrons. The first kappa shape index (κ1) is 12.6. The molecule has 2 atom stereocenters. The maximum atomic E-state index is 11.4. The van der Waals surface area contributed by atoms with Crippen LogP contribution in [0.5, 0.6) is 0 Å². The summed E-state index contributed by atoms with van der Waals surface area (Å²) in [6.07, 6.45) is 0. The van der Waals surface area contributed by atoms with Gasteiger partial charge in [0.1, 0.15) is 0 Å². The van der Waals surface area contributed by atoms with E-state index in [9.17, 15) is 4.79 Å². The quantitative estimate of drug-likeness (QED) is 0.794. The molecule has 16 heavy (non-hydrogen) atoms. The van der Waals surface area contributed by atoms with Gasteiger partial charge in [-0.25, -0.2) is 0 Å². The van der Waals surface area contributed by atoms with Crippen LogP contribution in [0.25, 0.3) is 0 Å². The zero-order chi connectivity index (χ0) is 12.1. The highest BCUT2D eigenvalue weighted by atomic mass is 16.5. The van der Waals surface area contributed by atoms with E-state index >= 15 is 0 Å². The minimum absolute atomic E-state index is 0.0496. The van der Waals surface area contributed by atoms with Gasteiger partial charge in [-0.3, -0.25) is 4.79 Å². The SMILES string of the molecule is COC(=O)C(C)C(C)Nc1ccccc1C. The minimum Gasteiger partial charge on any atom is -0.469 e. The molecule has 0 fully saturated rings. The van der Waals surface area contributed by atoms with Crippen LogP contribution in [0.3, 0.4) is 0 Å². The zero-order valence-electron chi connectivity index (χ0n) is 10.3. The summed E-state index contributed by atoms with van der Waals surface area (Å²) in [4.78, 5) is 11.4. The highest BCUT2D eigenvalue weighted by molar-refractivity contribution is 5.73. The molecule has 1 aromatic rings. The number of methoxy groups -OCH3 is 1. The van der Waals surface area contributed by atoms with Crippen LogP contribution in [-0.2, 0) is 9.53 Å². The second kappa shape index (κ2) is 5.54. The van der Waals surface area contributed by atoms with Gasteiger partial charge in [-0.05, 0) is 32.4 Å². The Kier molecular flexibility index (Phi) is 4.35. The summed E-state index contributed by atoms with van der Waals surface area (Å²) < 4.78 is 4.72. The van der Waals surface area contributed by atoms with Gasteiger partial charge in [0, 0.05) is 11.7 Å². The van der Waals surface area contributed by atoms with Crippen molar-refractivity contribution in [3.8, 4) is 0 Å².